The van der Waals surface area contributed by atoms with Gasteiger partial charge in [0, 0.05) is 18.6 Å². The molecule has 0 unspecified atom stereocenters. The molecule has 0 atom stereocenters. The third-order valence-corrected chi connectivity index (χ3v) is 7.96. The van der Waals surface area contributed by atoms with E-state index in [4.69, 9.17) is 0 Å². The molecule has 0 fully saturated rings. The number of hydrogen-bond donors (Lipinski definition) is 0. The van der Waals surface area contributed by atoms with Crippen LogP contribution in [0, 0.1) is 0 Å². The van der Waals surface area contributed by atoms with Crippen LogP contribution in [0.3, 0.4) is 0 Å². The van der Waals surface area contributed by atoms with E-state index in [0.717, 1.165) is 0 Å². The van der Waals surface area contributed by atoms with Crippen molar-refractivity contribution in [3.05, 3.63) is 42.2 Å². The maximum absolute atomic E-state index is 2.44. The van der Waals surface area contributed by atoms with Crippen molar-refractivity contribution in [2.24, 2.45) is 0 Å². The fourth-order valence-corrected chi connectivity index (χ4v) is 5.34. The zero-order valence-electron chi connectivity index (χ0n) is 25.5. The molecule has 0 saturated carbocycles. The SMILES string of the molecule is CCCCCCCC/C=C/CCCCCCCCc1cc[n+](CCCCCCCCCCCCC)cc1. The molecule has 0 saturated heterocycles. The Balaban J connectivity index is 1.86. The van der Waals surface area contributed by atoms with E-state index in [-0.39, 0.29) is 0 Å². The van der Waals surface area contributed by atoms with Crippen LogP contribution >= 0.6 is 0 Å². The summed E-state index contributed by atoms with van der Waals surface area (Å²) in [5, 5.41) is 0. The summed E-state index contributed by atoms with van der Waals surface area (Å²) in [4.78, 5) is 0. The predicted molar refractivity (Wildman–Crippen MR) is 166 cm³/mol. The van der Waals surface area contributed by atoms with Gasteiger partial charge in [0.1, 0.15) is 6.54 Å². The maximum atomic E-state index is 2.44. The molecule has 0 amide bonds. The average Bonchev–Trinajstić information content (AvgIpc) is 2.92. The zero-order valence-corrected chi connectivity index (χ0v) is 25.5. The van der Waals surface area contributed by atoms with E-state index < -0.39 is 0 Å². The fourth-order valence-electron chi connectivity index (χ4n) is 5.34. The quantitative estimate of drug-likeness (QED) is 0.0597. The second kappa shape index (κ2) is 27.9. The largest absolute Gasteiger partial charge is 0.205 e. The van der Waals surface area contributed by atoms with E-state index in [2.05, 4.69) is 55.1 Å². The van der Waals surface area contributed by atoms with Crippen LogP contribution in [0.2, 0.25) is 0 Å². The van der Waals surface area contributed by atoms with Crippen LogP contribution in [-0.4, -0.2) is 0 Å². The number of rotatable bonds is 28. The van der Waals surface area contributed by atoms with Gasteiger partial charge in [-0.05, 0) is 50.5 Å². The lowest BCUT2D eigenvalue weighted by Crippen LogP contribution is -2.32. The molecule has 0 N–H and O–H groups in total. The maximum Gasteiger partial charge on any atom is 0.169 e. The van der Waals surface area contributed by atoms with E-state index in [0.29, 0.717) is 0 Å². The molecule has 0 bridgehead atoms. The molecule has 0 aromatic carbocycles. The molecule has 214 valence electrons. The Hall–Kier alpha value is -1.11. The number of aromatic nitrogens is 1. The van der Waals surface area contributed by atoms with Crippen LogP contribution in [0.25, 0.3) is 0 Å². The highest BCUT2D eigenvalue weighted by Crippen LogP contribution is 2.13. The second-order valence-electron chi connectivity index (χ2n) is 11.7. The first-order valence-corrected chi connectivity index (χ1v) is 17.0. The van der Waals surface area contributed by atoms with E-state index in [1.54, 1.807) is 0 Å². The van der Waals surface area contributed by atoms with Crippen LogP contribution in [0.5, 0.6) is 0 Å². The van der Waals surface area contributed by atoms with Gasteiger partial charge in [-0.2, -0.15) is 0 Å². The molecule has 1 heteroatoms. The minimum atomic E-state index is 1.19. The fraction of sp³-hybridized carbons (Fsp3) is 0.806. The van der Waals surface area contributed by atoms with Crippen molar-refractivity contribution >= 4 is 0 Å². The van der Waals surface area contributed by atoms with Crippen LogP contribution in [0.1, 0.15) is 180 Å². The standard InChI is InChI=1S/C36H66N/c1-3-5-7-9-11-13-15-16-17-18-19-20-22-24-26-28-30-36-31-34-37(35-32-36)33-29-27-25-23-21-14-12-10-8-6-4-2/h16-17,31-32,34-35H,3-15,18-30,33H2,1-2H3/q+1/b17-16+. The van der Waals surface area contributed by atoms with Gasteiger partial charge in [-0.15, -0.1) is 0 Å². The van der Waals surface area contributed by atoms with Gasteiger partial charge >= 0.3 is 0 Å². The van der Waals surface area contributed by atoms with Crippen molar-refractivity contribution in [2.45, 2.75) is 187 Å². The second-order valence-corrected chi connectivity index (χ2v) is 11.7. The van der Waals surface area contributed by atoms with Crippen molar-refractivity contribution in [1.29, 1.82) is 0 Å². The Labute approximate surface area is 233 Å². The minimum Gasteiger partial charge on any atom is -0.205 e. The summed E-state index contributed by atoms with van der Waals surface area (Å²) in [5.41, 5.74) is 1.52. The number of nitrogens with zero attached hydrogens (tertiary/aromatic N) is 1. The van der Waals surface area contributed by atoms with Crippen molar-refractivity contribution in [3.63, 3.8) is 0 Å². The van der Waals surface area contributed by atoms with Crippen LogP contribution in [-0.2, 0) is 13.0 Å². The normalized spacial score (nSPS) is 11.6. The first-order valence-electron chi connectivity index (χ1n) is 17.0. The predicted octanol–water partition coefficient (Wildman–Crippen LogP) is 11.9. The van der Waals surface area contributed by atoms with Gasteiger partial charge in [0.15, 0.2) is 12.4 Å². The summed E-state index contributed by atoms with van der Waals surface area (Å²) in [6.45, 7) is 5.78. The number of aryl methyl sites for hydroxylation is 2. The van der Waals surface area contributed by atoms with E-state index in [1.165, 1.54) is 179 Å². The monoisotopic (exact) mass is 513 g/mol. The Kier molecular flexibility index (Phi) is 25.6. The van der Waals surface area contributed by atoms with E-state index >= 15 is 0 Å². The van der Waals surface area contributed by atoms with E-state index in [9.17, 15) is 0 Å². The minimum absolute atomic E-state index is 1.19. The molecule has 0 aliphatic rings. The third kappa shape index (κ3) is 23.7. The van der Waals surface area contributed by atoms with Gasteiger partial charge in [-0.3, -0.25) is 0 Å². The molecular weight excluding hydrogens is 446 g/mol. The summed E-state index contributed by atoms with van der Waals surface area (Å²) in [7, 11) is 0. The lowest BCUT2D eigenvalue weighted by molar-refractivity contribution is -0.697. The molecular formula is C36H66N+. The molecule has 0 aliphatic carbocycles. The molecule has 1 rings (SSSR count). The average molecular weight is 513 g/mol. The number of unbranched alkanes of at least 4 members (excludes halogenated alkanes) is 22. The molecule has 37 heavy (non-hydrogen) atoms. The van der Waals surface area contributed by atoms with Gasteiger partial charge in [-0.1, -0.05) is 142 Å². The summed E-state index contributed by atoms with van der Waals surface area (Å²) in [6, 6.07) is 4.71. The van der Waals surface area contributed by atoms with Crippen LogP contribution < -0.4 is 4.57 Å². The summed E-state index contributed by atoms with van der Waals surface area (Å²) in [6.07, 6.45) is 45.8. The number of pyridine rings is 1. The van der Waals surface area contributed by atoms with E-state index in [1.807, 2.05) is 0 Å². The molecule has 0 radical (unpaired) electrons. The van der Waals surface area contributed by atoms with Gasteiger partial charge < -0.3 is 0 Å². The van der Waals surface area contributed by atoms with Gasteiger partial charge in [0.2, 0.25) is 0 Å². The zero-order chi connectivity index (χ0) is 26.5. The van der Waals surface area contributed by atoms with Crippen molar-refractivity contribution in [2.75, 3.05) is 0 Å². The third-order valence-electron chi connectivity index (χ3n) is 7.96. The number of allylic oxidation sites excluding steroid dienone is 2. The Morgan fingerprint density at radius 3 is 1.30 bits per heavy atom. The van der Waals surface area contributed by atoms with Crippen molar-refractivity contribution in [1.82, 2.24) is 0 Å². The number of hydrogen-bond acceptors (Lipinski definition) is 0. The van der Waals surface area contributed by atoms with Crippen LogP contribution in [0.15, 0.2) is 36.7 Å². The highest BCUT2D eigenvalue weighted by atomic mass is 14.9. The smallest absolute Gasteiger partial charge is 0.169 e. The van der Waals surface area contributed by atoms with Gasteiger partial charge in [-0.25, -0.2) is 4.57 Å². The van der Waals surface area contributed by atoms with Crippen LogP contribution in [0.4, 0.5) is 0 Å². The molecule has 1 aromatic heterocycles. The lowest BCUT2D eigenvalue weighted by Gasteiger charge is -2.03. The molecule has 1 heterocycles. The molecule has 0 spiro atoms. The summed E-state index contributed by atoms with van der Waals surface area (Å²) < 4.78 is 2.39. The molecule has 1 nitrogen and oxygen atoms in total. The first-order chi connectivity index (χ1) is 18.4. The first kappa shape index (κ1) is 33.9. The molecule has 1 aromatic rings. The highest BCUT2D eigenvalue weighted by Gasteiger charge is 2.02. The Bertz CT molecular complexity index is 587. The Morgan fingerprint density at radius 2 is 0.838 bits per heavy atom. The van der Waals surface area contributed by atoms with Gasteiger partial charge in [0.05, 0.1) is 0 Å². The summed E-state index contributed by atoms with van der Waals surface area (Å²) >= 11 is 0. The van der Waals surface area contributed by atoms with Crippen molar-refractivity contribution < 1.29 is 4.57 Å². The lowest BCUT2D eigenvalue weighted by atomic mass is 10.0. The van der Waals surface area contributed by atoms with Crippen molar-refractivity contribution in [3.8, 4) is 0 Å². The van der Waals surface area contributed by atoms with Gasteiger partial charge in [0.25, 0.3) is 0 Å². The Morgan fingerprint density at radius 1 is 0.459 bits per heavy atom. The highest BCUT2D eigenvalue weighted by molar-refractivity contribution is 5.07. The topological polar surface area (TPSA) is 3.88 Å². The summed E-state index contributed by atoms with van der Waals surface area (Å²) in [5.74, 6) is 0. The molecule has 0 aliphatic heterocycles.